The molecule has 1 aliphatic rings. The van der Waals surface area contributed by atoms with Gasteiger partial charge < -0.3 is 15.1 Å². The molecule has 2 unspecified atom stereocenters. The van der Waals surface area contributed by atoms with Crippen LogP contribution in [0.5, 0.6) is 0 Å². The van der Waals surface area contributed by atoms with E-state index < -0.39 is 18.1 Å². The van der Waals surface area contributed by atoms with Crippen molar-refractivity contribution < 1.29 is 15.0 Å². The van der Waals surface area contributed by atoms with Crippen LogP contribution in [0.25, 0.3) is 0 Å². The summed E-state index contributed by atoms with van der Waals surface area (Å²) in [4.78, 5) is 16.6. The highest BCUT2D eigenvalue weighted by molar-refractivity contribution is 6.33. The summed E-state index contributed by atoms with van der Waals surface area (Å²) in [6.45, 7) is 0.244. The minimum Gasteiger partial charge on any atom is -0.480 e. The van der Waals surface area contributed by atoms with Crippen molar-refractivity contribution in [3.63, 3.8) is 0 Å². The Morgan fingerprint density at radius 2 is 2.38 bits per heavy atom. The molecule has 2 rings (SSSR count). The number of aliphatic hydroxyl groups excluding tert-OH is 1. The Bertz CT molecular complexity index is 413. The Morgan fingerprint density at radius 1 is 1.62 bits per heavy atom. The standard InChI is InChI=1S/C10H11ClN2O3/c11-7-2-1-3-12-9(7)13-5-6(14)4-8(13)10(15)16/h1-3,6,8,14H,4-5H2,(H,15,16). The van der Waals surface area contributed by atoms with Gasteiger partial charge in [-0.3, -0.25) is 0 Å². The Hall–Kier alpha value is -1.33. The second-order valence-electron chi connectivity index (χ2n) is 3.70. The number of carbonyl (C=O) groups is 1. The topological polar surface area (TPSA) is 73.7 Å². The number of carboxylic acids is 1. The van der Waals surface area contributed by atoms with Gasteiger partial charge in [-0.25, -0.2) is 9.78 Å². The molecule has 16 heavy (non-hydrogen) atoms. The molecule has 0 amide bonds. The smallest absolute Gasteiger partial charge is 0.326 e. The quantitative estimate of drug-likeness (QED) is 0.801. The van der Waals surface area contributed by atoms with Crippen LogP contribution in [0.4, 0.5) is 5.82 Å². The van der Waals surface area contributed by atoms with Gasteiger partial charge in [0.05, 0.1) is 11.1 Å². The number of hydrogen-bond donors (Lipinski definition) is 2. The molecule has 0 radical (unpaired) electrons. The second kappa shape index (κ2) is 4.27. The van der Waals surface area contributed by atoms with Crippen LogP contribution in [-0.4, -0.2) is 39.9 Å². The van der Waals surface area contributed by atoms with Crippen molar-refractivity contribution in [2.75, 3.05) is 11.4 Å². The molecule has 1 aliphatic heterocycles. The molecule has 0 bridgehead atoms. The number of rotatable bonds is 2. The molecule has 1 aromatic heterocycles. The highest BCUT2D eigenvalue weighted by Crippen LogP contribution is 2.29. The van der Waals surface area contributed by atoms with Gasteiger partial charge >= 0.3 is 5.97 Å². The molecule has 1 saturated heterocycles. The van der Waals surface area contributed by atoms with Crippen molar-refractivity contribution in [2.45, 2.75) is 18.6 Å². The van der Waals surface area contributed by atoms with E-state index in [2.05, 4.69) is 4.98 Å². The molecule has 6 heteroatoms. The largest absolute Gasteiger partial charge is 0.480 e. The molecule has 2 N–H and O–H groups in total. The van der Waals surface area contributed by atoms with Crippen molar-refractivity contribution >= 4 is 23.4 Å². The summed E-state index contributed by atoms with van der Waals surface area (Å²) in [6, 6.07) is 2.56. The highest BCUT2D eigenvalue weighted by Gasteiger charge is 2.37. The maximum Gasteiger partial charge on any atom is 0.326 e. The maximum absolute atomic E-state index is 11.0. The predicted octanol–water partition coefficient (Wildman–Crippen LogP) is 0.759. The number of hydrogen-bond acceptors (Lipinski definition) is 4. The van der Waals surface area contributed by atoms with Crippen LogP contribution in [0.2, 0.25) is 5.02 Å². The van der Waals surface area contributed by atoms with Gasteiger partial charge in [-0.1, -0.05) is 11.6 Å². The molecule has 0 spiro atoms. The number of carboxylic acid groups (broad SMARTS) is 1. The number of pyridine rings is 1. The average Bonchev–Trinajstić information content (AvgIpc) is 2.61. The van der Waals surface area contributed by atoms with E-state index in [0.717, 1.165) is 0 Å². The number of anilines is 1. The third-order valence-corrected chi connectivity index (χ3v) is 2.87. The molecule has 5 nitrogen and oxygen atoms in total. The van der Waals surface area contributed by atoms with Gasteiger partial charge in [0.1, 0.15) is 11.9 Å². The Labute approximate surface area is 97.3 Å². The molecule has 0 aromatic carbocycles. The number of halogens is 1. The van der Waals surface area contributed by atoms with E-state index in [1.54, 1.807) is 18.3 Å². The summed E-state index contributed by atoms with van der Waals surface area (Å²) in [5.41, 5.74) is 0. The van der Waals surface area contributed by atoms with Crippen LogP contribution in [0.1, 0.15) is 6.42 Å². The lowest BCUT2D eigenvalue weighted by molar-refractivity contribution is -0.138. The van der Waals surface area contributed by atoms with E-state index >= 15 is 0 Å². The number of aromatic nitrogens is 1. The van der Waals surface area contributed by atoms with Crippen LogP contribution in [-0.2, 0) is 4.79 Å². The minimum absolute atomic E-state index is 0.197. The number of β-amino-alcohol motifs (C(OH)–C–C–N with tert-alkyl or cyclic N) is 1. The summed E-state index contributed by atoms with van der Waals surface area (Å²) in [7, 11) is 0. The van der Waals surface area contributed by atoms with Gasteiger partial charge in [0, 0.05) is 19.2 Å². The molecule has 1 aromatic rings. The van der Waals surface area contributed by atoms with E-state index in [-0.39, 0.29) is 13.0 Å². The predicted molar refractivity (Wildman–Crippen MR) is 58.6 cm³/mol. The first kappa shape index (κ1) is 11.2. The average molecular weight is 243 g/mol. The SMILES string of the molecule is O=C(O)C1CC(O)CN1c1ncccc1Cl. The number of aliphatic hydroxyl groups is 1. The monoisotopic (exact) mass is 242 g/mol. The van der Waals surface area contributed by atoms with Crippen molar-refractivity contribution in [2.24, 2.45) is 0 Å². The zero-order valence-electron chi connectivity index (χ0n) is 8.38. The van der Waals surface area contributed by atoms with Gasteiger partial charge in [0.2, 0.25) is 0 Å². The zero-order valence-corrected chi connectivity index (χ0v) is 9.13. The Morgan fingerprint density at radius 3 is 3.00 bits per heavy atom. The molecule has 2 heterocycles. The zero-order chi connectivity index (χ0) is 11.7. The fraction of sp³-hybridized carbons (Fsp3) is 0.400. The van der Waals surface area contributed by atoms with Crippen LogP contribution in [0.3, 0.4) is 0 Å². The first-order valence-corrected chi connectivity index (χ1v) is 5.25. The molecule has 0 aliphatic carbocycles. The summed E-state index contributed by atoms with van der Waals surface area (Å²) < 4.78 is 0. The lowest BCUT2D eigenvalue weighted by Crippen LogP contribution is -2.36. The highest BCUT2D eigenvalue weighted by atomic mass is 35.5. The third kappa shape index (κ3) is 1.96. The fourth-order valence-corrected chi connectivity index (χ4v) is 2.10. The van der Waals surface area contributed by atoms with E-state index in [4.69, 9.17) is 16.7 Å². The maximum atomic E-state index is 11.0. The molecule has 0 saturated carbocycles. The third-order valence-electron chi connectivity index (χ3n) is 2.58. The van der Waals surface area contributed by atoms with E-state index in [9.17, 15) is 9.90 Å². The molecule has 86 valence electrons. The van der Waals surface area contributed by atoms with Gasteiger partial charge in [0.15, 0.2) is 0 Å². The van der Waals surface area contributed by atoms with Crippen LogP contribution in [0.15, 0.2) is 18.3 Å². The van der Waals surface area contributed by atoms with Gasteiger partial charge in [-0.2, -0.15) is 0 Å². The van der Waals surface area contributed by atoms with Crippen LogP contribution >= 0.6 is 11.6 Å². The van der Waals surface area contributed by atoms with E-state index in [0.29, 0.717) is 10.8 Å². The normalized spacial score (nSPS) is 24.8. The van der Waals surface area contributed by atoms with Gasteiger partial charge in [-0.05, 0) is 12.1 Å². The van der Waals surface area contributed by atoms with Crippen molar-refractivity contribution in [1.29, 1.82) is 0 Å². The molecule has 2 atom stereocenters. The Kier molecular flexibility index (Phi) is 2.98. The lowest BCUT2D eigenvalue weighted by atomic mass is 10.2. The fourth-order valence-electron chi connectivity index (χ4n) is 1.87. The van der Waals surface area contributed by atoms with E-state index in [1.807, 2.05) is 0 Å². The number of aliphatic carboxylic acids is 1. The number of nitrogens with zero attached hydrogens (tertiary/aromatic N) is 2. The Balaban J connectivity index is 2.33. The van der Waals surface area contributed by atoms with Crippen LogP contribution < -0.4 is 4.90 Å². The van der Waals surface area contributed by atoms with Gasteiger partial charge in [0.25, 0.3) is 0 Å². The minimum atomic E-state index is -0.974. The lowest BCUT2D eigenvalue weighted by Gasteiger charge is -2.22. The molecular weight excluding hydrogens is 232 g/mol. The van der Waals surface area contributed by atoms with Crippen molar-refractivity contribution in [3.8, 4) is 0 Å². The first-order chi connectivity index (χ1) is 7.59. The summed E-state index contributed by atoms with van der Waals surface area (Å²) in [5, 5.41) is 18.9. The second-order valence-corrected chi connectivity index (χ2v) is 4.11. The first-order valence-electron chi connectivity index (χ1n) is 4.87. The van der Waals surface area contributed by atoms with Crippen LogP contribution in [0, 0.1) is 0 Å². The summed E-state index contributed by atoms with van der Waals surface area (Å²) >= 11 is 5.94. The van der Waals surface area contributed by atoms with Crippen molar-refractivity contribution in [3.05, 3.63) is 23.4 Å². The summed E-state index contributed by atoms with van der Waals surface area (Å²) in [6.07, 6.45) is 1.09. The summed E-state index contributed by atoms with van der Waals surface area (Å²) in [5.74, 6) is -0.564. The molecule has 1 fully saturated rings. The van der Waals surface area contributed by atoms with Crippen molar-refractivity contribution in [1.82, 2.24) is 4.98 Å². The van der Waals surface area contributed by atoms with E-state index in [1.165, 1.54) is 4.90 Å². The van der Waals surface area contributed by atoms with Gasteiger partial charge in [-0.15, -0.1) is 0 Å². The molecular formula is C10H11ClN2O3.